The number of ether oxygens (including phenoxy) is 3. The number of fused-ring (bicyclic) bond motifs is 1. The first-order valence-corrected chi connectivity index (χ1v) is 12.4. The van der Waals surface area contributed by atoms with Crippen LogP contribution in [0.4, 0.5) is 18.9 Å². The normalized spacial score (nSPS) is 13.5. The highest BCUT2D eigenvalue weighted by Crippen LogP contribution is 2.54. The molecule has 0 aromatic heterocycles. The second kappa shape index (κ2) is 11.2. The van der Waals surface area contributed by atoms with Gasteiger partial charge in [0.05, 0.1) is 19.3 Å². The van der Waals surface area contributed by atoms with Crippen LogP contribution in [0, 0.1) is 0 Å². The number of carbonyl (C=O) groups excluding carboxylic acids is 1. The summed E-state index contributed by atoms with van der Waals surface area (Å²) in [6.07, 6.45) is -4.53. The summed E-state index contributed by atoms with van der Waals surface area (Å²) in [5, 5.41) is 0. The van der Waals surface area contributed by atoms with E-state index in [4.69, 9.17) is 9.47 Å². The highest BCUT2D eigenvalue weighted by molar-refractivity contribution is 8.00. The van der Waals surface area contributed by atoms with E-state index in [0.717, 1.165) is 11.8 Å². The van der Waals surface area contributed by atoms with Crippen molar-refractivity contribution in [3.8, 4) is 11.5 Å². The number of carbonyl (C=O) groups is 1. The second-order valence-corrected chi connectivity index (χ2v) is 9.37. The van der Waals surface area contributed by atoms with Crippen LogP contribution in [-0.2, 0) is 14.3 Å². The van der Waals surface area contributed by atoms with Crippen molar-refractivity contribution >= 4 is 23.4 Å². The quantitative estimate of drug-likeness (QED) is 0.341. The molecule has 190 valence electrons. The molecule has 5 nitrogen and oxygen atoms in total. The molecule has 0 spiro atoms. The van der Waals surface area contributed by atoms with E-state index in [0.29, 0.717) is 36.9 Å². The first-order chi connectivity index (χ1) is 17.4. The molecule has 1 aliphatic heterocycles. The van der Waals surface area contributed by atoms with Gasteiger partial charge >= 0.3 is 12.1 Å². The minimum absolute atomic E-state index is 0.189. The summed E-state index contributed by atoms with van der Waals surface area (Å²) in [4.78, 5) is 13.5. The summed E-state index contributed by atoms with van der Waals surface area (Å²) in [6, 6.07) is 21.3. The van der Waals surface area contributed by atoms with Crippen LogP contribution >= 0.6 is 11.8 Å². The topological polar surface area (TPSA) is 48.0 Å². The third-order valence-corrected chi connectivity index (χ3v) is 7.44. The summed E-state index contributed by atoms with van der Waals surface area (Å²) in [5.41, 5.74) is 1.09. The van der Waals surface area contributed by atoms with E-state index in [9.17, 15) is 18.0 Å². The van der Waals surface area contributed by atoms with Gasteiger partial charge in [-0.25, -0.2) is 4.79 Å². The van der Waals surface area contributed by atoms with Gasteiger partial charge in [0.15, 0.2) is 22.9 Å². The number of para-hydroxylation sites is 1. The molecule has 1 heterocycles. The molecule has 0 unspecified atom stereocenters. The maximum Gasteiger partial charge on any atom is 0.411 e. The Morgan fingerprint density at radius 1 is 0.972 bits per heavy atom. The second-order valence-electron chi connectivity index (χ2n) is 8.06. The zero-order valence-electron chi connectivity index (χ0n) is 19.7. The number of thioether (sulfide) groups is 1. The van der Waals surface area contributed by atoms with Gasteiger partial charge < -0.3 is 19.1 Å². The molecule has 0 bridgehead atoms. The average Bonchev–Trinajstić information content (AvgIpc) is 2.90. The lowest BCUT2D eigenvalue weighted by molar-refractivity contribution is -0.151. The molecule has 3 aromatic rings. The van der Waals surface area contributed by atoms with E-state index in [2.05, 4.69) is 4.74 Å². The molecule has 0 saturated heterocycles. The van der Waals surface area contributed by atoms with Crippen LogP contribution in [0.3, 0.4) is 0 Å². The van der Waals surface area contributed by atoms with E-state index < -0.39 is 16.9 Å². The molecule has 0 radical (unpaired) electrons. The average molecular weight is 518 g/mol. The summed E-state index contributed by atoms with van der Waals surface area (Å²) in [5.74, 6) is 0.525. The van der Waals surface area contributed by atoms with Gasteiger partial charge in [0.25, 0.3) is 0 Å². The first kappa shape index (κ1) is 25.8. The standard InChI is InChI=1S/C27H26F3NO4S/c1-33-24(32)19-35-23-14-8-13-22-25(23)34-17-15-31(22)16-18-36-26(27(28,29)30,20-9-4-2-5-10-20)21-11-6-3-7-12-21/h2-14H,15-19H2,1H3. The van der Waals surface area contributed by atoms with Crippen molar-refractivity contribution in [2.75, 3.05) is 44.1 Å². The Morgan fingerprint density at radius 2 is 1.61 bits per heavy atom. The van der Waals surface area contributed by atoms with Gasteiger partial charge in [0.2, 0.25) is 0 Å². The van der Waals surface area contributed by atoms with E-state index in [1.165, 1.54) is 31.4 Å². The summed E-state index contributed by atoms with van der Waals surface area (Å²) in [7, 11) is 1.27. The van der Waals surface area contributed by atoms with Crippen LogP contribution < -0.4 is 14.4 Å². The molecule has 9 heteroatoms. The summed E-state index contributed by atoms with van der Waals surface area (Å²) >= 11 is 0.872. The third kappa shape index (κ3) is 5.26. The highest BCUT2D eigenvalue weighted by Gasteiger charge is 2.57. The van der Waals surface area contributed by atoms with Crippen molar-refractivity contribution in [2.24, 2.45) is 0 Å². The Balaban J connectivity index is 1.59. The molecule has 0 aliphatic carbocycles. The fourth-order valence-electron chi connectivity index (χ4n) is 4.22. The minimum Gasteiger partial charge on any atom is -0.486 e. The number of nitrogens with zero attached hydrogens (tertiary/aromatic N) is 1. The van der Waals surface area contributed by atoms with Gasteiger partial charge in [-0.2, -0.15) is 13.2 Å². The number of esters is 1. The molecule has 0 saturated carbocycles. The lowest BCUT2D eigenvalue weighted by atomic mass is 9.89. The number of hydrogen-bond acceptors (Lipinski definition) is 6. The van der Waals surface area contributed by atoms with Gasteiger partial charge in [0.1, 0.15) is 6.61 Å². The van der Waals surface area contributed by atoms with Crippen molar-refractivity contribution in [3.05, 3.63) is 90.0 Å². The monoisotopic (exact) mass is 517 g/mol. The van der Waals surface area contributed by atoms with Gasteiger partial charge in [0, 0.05) is 12.3 Å². The smallest absolute Gasteiger partial charge is 0.411 e. The Morgan fingerprint density at radius 3 is 2.19 bits per heavy atom. The highest BCUT2D eigenvalue weighted by atomic mass is 32.2. The van der Waals surface area contributed by atoms with Crippen molar-refractivity contribution in [1.29, 1.82) is 0 Å². The lowest BCUT2D eigenvalue weighted by Crippen LogP contribution is -2.42. The maximum absolute atomic E-state index is 14.9. The van der Waals surface area contributed by atoms with Crippen LogP contribution in [0.15, 0.2) is 78.9 Å². The largest absolute Gasteiger partial charge is 0.486 e. The minimum atomic E-state index is -4.53. The zero-order valence-corrected chi connectivity index (χ0v) is 20.5. The Labute approximate surface area is 212 Å². The molecule has 0 N–H and O–H groups in total. The Kier molecular flexibility index (Phi) is 7.98. The summed E-state index contributed by atoms with van der Waals surface area (Å²) < 4.78 is 58.4. The third-order valence-electron chi connectivity index (χ3n) is 5.92. The van der Waals surface area contributed by atoms with Crippen molar-refractivity contribution in [3.63, 3.8) is 0 Å². The summed E-state index contributed by atoms with van der Waals surface area (Å²) in [6.45, 7) is 0.954. The molecule has 4 rings (SSSR count). The number of halogens is 3. The fraction of sp³-hybridized carbons (Fsp3) is 0.296. The van der Waals surface area contributed by atoms with Gasteiger partial charge in [-0.05, 0) is 23.3 Å². The molecule has 3 aromatic carbocycles. The Bertz CT molecular complexity index is 1120. The Hall–Kier alpha value is -3.33. The lowest BCUT2D eigenvalue weighted by Gasteiger charge is -2.38. The molecular weight excluding hydrogens is 491 g/mol. The van der Waals surface area contributed by atoms with Crippen molar-refractivity contribution in [2.45, 2.75) is 10.9 Å². The predicted octanol–water partition coefficient (Wildman–Crippen LogP) is 5.68. The fourth-order valence-corrected chi connectivity index (χ4v) is 5.60. The van der Waals surface area contributed by atoms with Crippen LogP contribution in [0.2, 0.25) is 0 Å². The molecule has 0 amide bonds. The molecule has 36 heavy (non-hydrogen) atoms. The predicted molar refractivity (Wildman–Crippen MR) is 134 cm³/mol. The number of alkyl halides is 3. The van der Waals surface area contributed by atoms with E-state index >= 15 is 0 Å². The van der Waals surface area contributed by atoms with Crippen molar-refractivity contribution < 1.29 is 32.2 Å². The van der Waals surface area contributed by atoms with E-state index in [1.807, 2.05) is 11.0 Å². The molecule has 0 atom stereocenters. The van der Waals surface area contributed by atoms with Crippen LogP contribution in [0.25, 0.3) is 0 Å². The van der Waals surface area contributed by atoms with Crippen LogP contribution in [0.1, 0.15) is 11.1 Å². The first-order valence-electron chi connectivity index (χ1n) is 11.4. The van der Waals surface area contributed by atoms with Crippen LogP contribution in [0.5, 0.6) is 11.5 Å². The number of methoxy groups -OCH3 is 1. The number of rotatable bonds is 9. The van der Waals surface area contributed by atoms with E-state index in [-0.39, 0.29) is 23.5 Å². The van der Waals surface area contributed by atoms with Gasteiger partial charge in [-0.1, -0.05) is 66.7 Å². The maximum atomic E-state index is 14.9. The van der Waals surface area contributed by atoms with E-state index in [1.54, 1.807) is 48.5 Å². The van der Waals surface area contributed by atoms with Crippen molar-refractivity contribution in [1.82, 2.24) is 0 Å². The molecule has 1 aliphatic rings. The zero-order chi connectivity index (χ0) is 25.6. The van der Waals surface area contributed by atoms with Gasteiger partial charge in [-0.3, -0.25) is 0 Å². The van der Waals surface area contributed by atoms with Crippen LogP contribution in [-0.4, -0.2) is 51.3 Å². The number of hydrogen-bond donors (Lipinski definition) is 0. The SMILES string of the molecule is COC(=O)COc1cccc2c1OCCN2CCSC(c1ccccc1)(c1ccccc1)C(F)(F)F. The molecule has 0 fully saturated rings. The number of benzene rings is 3. The van der Waals surface area contributed by atoms with Gasteiger partial charge in [-0.15, -0.1) is 11.8 Å². The number of anilines is 1. The molecular formula is C27H26F3NO4S.